The molecule has 7 heteroatoms. The Bertz CT molecular complexity index is 930. The van der Waals surface area contributed by atoms with Gasteiger partial charge in [-0.25, -0.2) is 0 Å². The van der Waals surface area contributed by atoms with Gasteiger partial charge in [-0.2, -0.15) is 15.4 Å². The number of nitrogens with one attached hydrogen (secondary N) is 2. The van der Waals surface area contributed by atoms with Crippen LogP contribution in [-0.4, -0.2) is 49.4 Å². The number of rotatable bonds is 2. The standard InChI is InChI=1S/C18H21N5O2/c1-11-12(2)20-15-5-4-13(8-14(11)15)17(24)23-7-3-6-18(25,10-23)16-9-19-22-21-16/h4-5,8-9,20,25H,3,6-7,10H2,1-2H3,(H,19,21,22). The van der Waals surface area contributed by atoms with Crippen LogP contribution < -0.4 is 0 Å². The maximum Gasteiger partial charge on any atom is 0.253 e. The Labute approximate surface area is 145 Å². The van der Waals surface area contributed by atoms with Gasteiger partial charge in [0.15, 0.2) is 0 Å². The van der Waals surface area contributed by atoms with Gasteiger partial charge in [-0.3, -0.25) is 4.79 Å². The molecule has 130 valence electrons. The van der Waals surface area contributed by atoms with E-state index in [9.17, 15) is 9.90 Å². The smallest absolute Gasteiger partial charge is 0.253 e. The molecule has 1 aliphatic rings. The first kappa shape index (κ1) is 15.8. The van der Waals surface area contributed by atoms with Crippen molar-refractivity contribution in [1.29, 1.82) is 0 Å². The summed E-state index contributed by atoms with van der Waals surface area (Å²) in [5.41, 5.74) is 3.27. The van der Waals surface area contributed by atoms with E-state index in [-0.39, 0.29) is 12.5 Å². The first-order valence-corrected chi connectivity index (χ1v) is 8.45. The third kappa shape index (κ3) is 2.60. The second-order valence-corrected chi connectivity index (χ2v) is 6.85. The molecule has 0 spiro atoms. The summed E-state index contributed by atoms with van der Waals surface area (Å²) < 4.78 is 0. The summed E-state index contributed by atoms with van der Waals surface area (Å²) in [4.78, 5) is 18.0. The van der Waals surface area contributed by atoms with E-state index in [1.165, 1.54) is 6.20 Å². The van der Waals surface area contributed by atoms with Crippen molar-refractivity contribution in [1.82, 2.24) is 25.3 Å². The number of hydrogen-bond donors (Lipinski definition) is 3. The monoisotopic (exact) mass is 339 g/mol. The maximum atomic E-state index is 13.0. The Morgan fingerprint density at radius 1 is 1.36 bits per heavy atom. The molecule has 1 aromatic carbocycles. The molecule has 0 radical (unpaired) electrons. The summed E-state index contributed by atoms with van der Waals surface area (Å²) >= 11 is 0. The van der Waals surface area contributed by atoms with E-state index in [4.69, 9.17) is 0 Å². The summed E-state index contributed by atoms with van der Waals surface area (Å²) in [6, 6.07) is 5.71. The molecule has 1 aliphatic heterocycles. The molecule has 25 heavy (non-hydrogen) atoms. The van der Waals surface area contributed by atoms with E-state index in [1.807, 2.05) is 32.0 Å². The average molecular weight is 339 g/mol. The third-order valence-electron chi connectivity index (χ3n) is 5.21. The Kier molecular flexibility index (Phi) is 3.61. The van der Waals surface area contributed by atoms with Gasteiger partial charge >= 0.3 is 0 Å². The highest BCUT2D eigenvalue weighted by atomic mass is 16.3. The number of carbonyl (C=O) groups excluding carboxylic acids is 1. The number of amides is 1. The fourth-order valence-corrected chi connectivity index (χ4v) is 3.62. The molecule has 1 atom stereocenters. The van der Waals surface area contributed by atoms with E-state index in [1.54, 1.807) is 4.90 Å². The lowest BCUT2D eigenvalue weighted by Crippen LogP contribution is -2.48. The highest BCUT2D eigenvalue weighted by Crippen LogP contribution is 2.31. The lowest BCUT2D eigenvalue weighted by Gasteiger charge is -2.38. The molecule has 1 saturated heterocycles. The second-order valence-electron chi connectivity index (χ2n) is 6.85. The van der Waals surface area contributed by atoms with E-state index in [0.717, 1.165) is 28.6 Å². The van der Waals surface area contributed by atoms with Crippen LogP contribution in [0.3, 0.4) is 0 Å². The fourth-order valence-electron chi connectivity index (χ4n) is 3.62. The van der Waals surface area contributed by atoms with Crippen molar-refractivity contribution in [2.24, 2.45) is 0 Å². The number of β-amino-alcohol motifs (C(OH)–C–C–N with tert-alkyl or cyclic N) is 1. The number of benzene rings is 1. The van der Waals surface area contributed by atoms with Gasteiger partial charge in [-0.1, -0.05) is 0 Å². The van der Waals surface area contributed by atoms with Gasteiger partial charge in [0, 0.05) is 28.7 Å². The molecule has 1 unspecified atom stereocenters. The minimum atomic E-state index is -1.15. The van der Waals surface area contributed by atoms with Crippen LogP contribution in [0.5, 0.6) is 0 Å². The van der Waals surface area contributed by atoms with Crippen molar-refractivity contribution in [3.8, 4) is 0 Å². The Morgan fingerprint density at radius 2 is 2.20 bits per heavy atom. The quantitative estimate of drug-likeness (QED) is 0.665. The van der Waals surface area contributed by atoms with E-state index < -0.39 is 5.60 Å². The highest BCUT2D eigenvalue weighted by Gasteiger charge is 2.39. The molecular weight excluding hydrogens is 318 g/mol. The third-order valence-corrected chi connectivity index (χ3v) is 5.21. The zero-order valence-corrected chi connectivity index (χ0v) is 14.3. The lowest BCUT2D eigenvalue weighted by atomic mass is 9.89. The summed E-state index contributed by atoms with van der Waals surface area (Å²) in [5, 5.41) is 22.3. The zero-order chi connectivity index (χ0) is 17.6. The van der Waals surface area contributed by atoms with Gasteiger partial charge in [-0.15, -0.1) is 0 Å². The van der Waals surface area contributed by atoms with Crippen molar-refractivity contribution in [2.45, 2.75) is 32.3 Å². The number of hydrogen-bond acceptors (Lipinski definition) is 4. The van der Waals surface area contributed by atoms with Gasteiger partial charge in [0.1, 0.15) is 11.3 Å². The van der Waals surface area contributed by atoms with Crippen molar-refractivity contribution in [3.63, 3.8) is 0 Å². The van der Waals surface area contributed by atoms with Gasteiger partial charge < -0.3 is 15.0 Å². The molecule has 3 N–H and O–H groups in total. The van der Waals surface area contributed by atoms with Crippen LogP contribution in [0, 0.1) is 13.8 Å². The number of nitrogens with zero attached hydrogens (tertiary/aromatic N) is 3. The maximum absolute atomic E-state index is 13.0. The van der Waals surface area contributed by atoms with Crippen molar-refractivity contribution in [3.05, 3.63) is 46.9 Å². The molecule has 1 amide bonds. The number of aromatic nitrogens is 4. The lowest BCUT2D eigenvalue weighted by molar-refractivity contribution is -0.0320. The molecule has 2 aromatic heterocycles. The Balaban J connectivity index is 1.63. The van der Waals surface area contributed by atoms with Crippen LogP contribution in [0.4, 0.5) is 0 Å². The molecule has 4 rings (SSSR count). The van der Waals surface area contributed by atoms with Crippen LogP contribution >= 0.6 is 0 Å². The normalized spacial score (nSPS) is 21.0. The summed E-state index contributed by atoms with van der Waals surface area (Å²) in [6.07, 6.45) is 2.81. The molecule has 3 aromatic rings. The van der Waals surface area contributed by atoms with E-state index in [0.29, 0.717) is 24.2 Å². The predicted octanol–water partition coefficient (Wildman–Crippen LogP) is 2.03. The molecule has 1 fully saturated rings. The molecule has 3 heterocycles. The first-order chi connectivity index (χ1) is 12.0. The molecule has 0 saturated carbocycles. The van der Waals surface area contributed by atoms with Crippen LogP contribution in [0.1, 0.15) is 40.2 Å². The fraction of sp³-hybridized carbons (Fsp3) is 0.389. The average Bonchev–Trinajstić information content (AvgIpc) is 3.24. The number of likely N-dealkylation sites (tertiary alicyclic amines) is 1. The number of aromatic amines is 2. The second kappa shape index (κ2) is 5.70. The van der Waals surface area contributed by atoms with Crippen LogP contribution in [-0.2, 0) is 5.60 Å². The van der Waals surface area contributed by atoms with Gasteiger partial charge in [0.2, 0.25) is 0 Å². The zero-order valence-electron chi connectivity index (χ0n) is 14.3. The number of aryl methyl sites for hydroxylation is 2. The van der Waals surface area contributed by atoms with E-state index >= 15 is 0 Å². The highest BCUT2D eigenvalue weighted by molar-refractivity contribution is 5.99. The van der Waals surface area contributed by atoms with Crippen LogP contribution in [0.25, 0.3) is 10.9 Å². The topological polar surface area (TPSA) is 97.9 Å². The van der Waals surface area contributed by atoms with Crippen molar-refractivity contribution < 1.29 is 9.90 Å². The number of fused-ring (bicyclic) bond motifs is 1. The molecule has 0 aliphatic carbocycles. The van der Waals surface area contributed by atoms with Crippen LogP contribution in [0.2, 0.25) is 0 Å². The minimum absolute atomic E-state index is 0.0678. The van der Waals surface area contributed by atoms with Crippen molar-refractivity contribution >= 4 is 16.8 Å². The Hall–Kier alpha value is -2.67. The van der Waals surface area contributed by atoms with Gasteiger partial charge in [0.05, 0.1) is 12.7 Å². The predicted molar refractivity (Wildman–Crippen MR) is 93.2 cm³/mol. The summed E-state index contributed by atoms with van der Waals surface area (Å²) in [5.74, 6) is -0.0678. The number of H-pyrrole nitrogens is 2. The number of carbonyl (C=O) groups is 1. The van der Waals surface area contributed by atoms with Gasteiger partial charge in [0.25, 0.3) is 5.91 Å². The summed E-state index contributed by atoms with van der Waals surface area (Å²) in [7, 11) is 0. The molecule has 0 bridgehead atoms. The SMILES string of the molecule is Cc1[nH]c2ccc(C(=O)N3CCCC(O)(c4cn[nH]n4)C3)cc2c1C. The molecular formula is C18H21N5O2. The number of aliphatic hydroxyl groups is 1. The minimum Gasteiger partial charge on any atom is -0.382 e. The largest absolute Gasteiger partial charge is 0.382 e. The first-order valence-electron chi connectivity index (χ1n) is 8.45. The Morgan fingerprint density at radius 3 is 2.96 bits per heavy atom. The van der Waals surface area contributed by atoms with Gasteiger partial charge in [-0.05, 0) is 50.5 Å². The summed E-state index contributed by atoms with van der Waals surface area (Å²) in [6.45, 7) is 4.93. The number of piperidine rings is 1. The van der Waals surface area contributed by atoms with Crippen LogP contribution in [0.15, 0.2) is 24.4 Å². The van der Waals surface area contributed by atoms with E-state index in [2.05, 4.69) is 20.4 Å². The van der Waals surface area contributed by atoms with Crippen molar-refractivity contribution in [2.75, 3.05) is 13.1 Å². The molecule has 7 nitrogen and oxygen atoms in total.